The highest BCUT2D eigenvalue weighted by molar-refractivity contribution is 4.90. The van der Waals surface area contributed by atoms with Crippen molar-refractivity contribution in [3.8, 4) is 0 Å². The summed E-state index contributed by atoms with van der Waals surface area (Å²) in [5.41, 5.74) is 0. The molecule has 2 nitrogen and oxygen atoms in total. The predicted octanol–water partition coefficient (Wildman–Crippen LogP) is 3.23. The zero-order valence-electron chi connectivity index (χ0n) is 8.50. The van der Waals surface area contributed by atoms with Crippen molar-refractivity contribution in [2.75, 3.05) is 6.61 Å². The lowest BCUT2D eigenvalue weighted by molar-refractivity contribution is -0.313. The quantitative estimate of drug-likeness (QED) is 0.358. The van der Waals surface area contributed by atoms with Crippen LogP contribution in [0.3, 0.4) is 0 Å². The fourth-order valence-electron chi connectivity index (χ4n) is 1.50. The van der Waals surface area contributed by atoms with Crippen molar-refractivity contribution in [3.63, 3.8) is 0 Å². The van der Waals surface area contributed by atoms with E-state index < -0.39 is 0 Å². The van der Waals surface area contributed by atoms with Gasteiger partial charge in [0.05, 0.1) is 0 Å². The van der Waals surface area contributed by atoms with Crippen molar-refractivity contribution in [1.29, 1.82) is 0 Å². The summed E-state index contributed by atoms with van der Waals surface area (Å²) in [4.78, 5) is 9.97. The minimum atomic E-state index is 0.204. The average molecular weight is 184 g/mol. The van der Waals surface area contributed by atoms with Crippen LogP contribution in [-0.4, -0.2) is 12.7 Å². The molecule has 0 radical (unpaired) electrons. The molecule has 1 rings (SSSR count). The number of hydrogen-bond donors (Lipinski definition) is 0. The Kier molecular flexibility index (Phi) is 5.87. The van der Waals surface area contributed by atoms with Gasteiger partial charge in [0.2, 0.25) is 0 Å². The van der Waals surface area contributed by atoms with Gasteiger partial charge >= 0.3 is 0 Å². The Morgan fingerprint density at radius 3 is 2.77 bits per heavy atom. The second-order valence-electron chi connectivity index (χ2n) is 3.55. The Morgan fingerprint density at radius 2 is 2.08 bits per heavy atom. The fraction of sp³-hybridized carbons (Fsp3) is 0.818. The predicted molar refractivity (Wildman–Crippen MR) is 53.3 cm³/mol. The fourth-order valence-corrected chi connectivity index (χ4v) is 1.50. The maximum absolute atomic E-state index is 5.10. The van der Waals surface area contributed by atoms with Crippen LogP contribution in [0, 0.1) is 0 Å². The normalized spacial score (nSPS) is 22.1. The molecule has 0 aromatic rings. The third-order valence-electron chi connectivity index (χ3n) is 2.30. The first-order valence-corrected chi connectivity index (χ1v) is 5.38. The molecule has 13 heavy (non-hydrogen) atoms. The number of rotatable bonds is 6. The van der Waals surface area contributed by atoms with Crippen LogP contribution in [0.4, 0.5) is 0 Å². The van der Waals surface area contributed by atoms with Crippen molar-refractivity contribution in [2.45, 2.75) is 51.6 Å². The molecule has 1 aliphatic heterocycles. The van der Waals surface area contributed by atoms with Crippen LogP contribution in [0.5, 0.6) is 0 Å². The van der Waals surface area contributed by atoms with E-state index in [4.69, 9.17) is 9.78 Å². The molecule has 0 saturated heterocycles. The second kappa shape index (κ2) is 7.10. The van der Waals surface area contributed by atoms with E-state index in [1.54, 1.807) is 0 Å². The van der Waals surface area contributed by atoms with E-state index in [1.165, 1.54) is 32.1 Å². The van der Waals surface area contributed by atoms with Gasteiger partial charge in [-0.15, -0.1) is 0 Å². The zero-order valence-corrected chi connectivity index (χ0v) is 8.50. The molecule has 1 unspecified atom stereocenters. The summed E-state index contributed by atoms with van der Waals surface area (Å²) >= 11 is 0. The highest BCUT2D eigenvalue weighted by atomic mass is 17.2. The molecular weight excluding hydrogens is 164 g/mol. The molecular formula is C11H20O2. The summed E-state index contributed by atoms with van der Waals surface area (Å²) in [6.07, 6.45) is 12.0. The second-order valence-corrected chi connectivity index (χ2v) is 3.55. The molecule has 0 aromatic carbocycles. The lowest BCUT2D eigenvalue weighted by Gasteiger charge is -2.15. The van der Waals surface area contributed by atoms with Crippen LogP contribution < -0.4 is 0 Å². The minimum Gasteiger partial charge on any atom is -0.232 e. The molecule has 0 aliphatic carbocycles. The van der Waals surface area contributed by atoms with Gasteiger partial charge in [-0.25, -0.2) is 9.78 Å². The Balaban J connectivity index is 1.92. The number of unbranched alkanes of at least 4 members (excludes halogenated alkanes) is 4. The number of hydrogen-bond acceptors (Lipinski definition) is 2. The Hall–Kier alpha value is -0.340. The molecule has 1 heterocycles. The van der Waals surface area contributed by atoms with Gasteiger partial charge < -0.3 is 0 Å². The maximum Gasteiger partial charge on any atom is 0.111 e. The first-order chi connectivity index (χ1) is 6.43. The molecule has 0 bridgehead atoms. The van der Waals surface area contributed by atoms with Gasteiger partial charge in [0.25, 0.3) is 0 Å². The molecule has 1 atom stereocenters. The van der Waals surface area contributed by atoms with Gasteiger partial charge in [-0.05, 0) is 6.42 Å². The van der Waals surface area contributed by atoms with Gasteiger partial charge in [-0.2, -0.15) is 0 Å². The summed E-state index contributed by atoms with van der Waals surface area (Å²) in [6, 6.07) is 0. The highest BCUT2D eigenvalue weighted by Gasteiger charge is 2.08. The molecule has 0 amide bonds. The largest absolute Gasteiger partial charge is 0.232 e. The zero-order chi connectivity index (χ0) is 9.36. The van der Waals surface area contributed by atoms with Crippen molar-refractivity contribution >= 4 is 0 Å². The van der Waals surface area contributed by atoms with Crippen molar-refractivity contribution in [2.24, 2.45) is 0 Å². The molecule has 76 valence electrons. The topological polar surface area (TPSA) is 18.5 Å². The maximum atomic E-state index is 5.10. The van der Waals surface area contributed by atoms with E-state index in [-0.39, 0.29) is 6.10 Å². The highest BCUT2D eigenvalue weighted by Crippen LogP contribution is 2.12. The first kappa shape index (κ1) is 10.7. The van der Waals surface area contributed by atoms with Gasteiger partial charge in [0.15, 0.2) is 0 Å². The molecule has 0 fully saturated rings. The van der Waals surface area contributed by atoms with Crippen LogP contribution in [0.1, 0.15) is 45.4 Å². The molecule has 0 spiro atoms. The summed E-state index contributed by atoms with van der Waals surface area (Å²) < 4.78 is 0. The third kappa shape index (κ3) is 5.06. The van der Waals surface area contributed by atoms with Crippen LogP contribution in [0.25, 0.3) is 0 Å². The molecule has 2 heteroatoms. The van der Waals surface area contributed by atoms with Gasteiger partial charge in [-0.1, -0.05) is 51.2 Å². The standard InChI is InChI=1S/C11H20O2/c1-2-3-4-5-6-8-11-9-7-10-12-13-11/h7,9,11H,2-6,8,10H2,1H3. The summed E-state index contributed by atoms with van der Waals surface area (Å²) in [5, 5.41) is 0. The van der Waals surface area contributed by atoms with Crippen LogP contribution in [0.15, 0.2) is 12.2 Å². The molecule has 0 aromatic heterocycles. The molecule has 1 aliphatic rings. The van der Waals surface area contributed by atoms with E-state index >= 15 is 0 Å². The van der Waals surface area contributed by atoms with Gasteiger partial charge in [-0.3, -0.25) is 0 Å². The van der Waals surface area contributed by atoms with Gasteiger partial charge in [0.1, 0.15) is 12.7 Å². The van der Waals surface area contributed by atoms with E-state index in [0.717, 1.165) is 6.42 Å². The Bertz CT molecular complexity index is 143. The van der Waals surface area contributed by atoms with Crippen LogP contribution in [0.2, 0.25) is 0 Å². The smallest absolute Gasteiger partial charge is 0.111 e. The molecule has 0 saturated carbocycles. The molecule has 0 N–H and O–H groups in total. The van der Waals surface area contributed by atoms with Gasteiger partial charge in [0, 0.05) is 0 Å². The third-order valence-corrected chi connectivity index (χ3v) is 2.30. The van der Waals surface area contributed by atoms with Crippen molar-refractivity contribution in [1.82, 2.24) is 0 Å². The van der Waals surface area contributed by atoms with Crippen LogP contribution >= 0.6 is 0 Å². The lowest BCUT2D eigenvalue weighted by atomic mass is 10.1. The monoisotopic (exact) mass is 184 g/mol. The van der Waals surface area contributed by atoms with E-state index in [0.29, 0.717) is 6.61 Å². The summed E-state index contributed by atoms with van der Waals surface area (Å²) in [6.45, 7) is 2.84. The first-order valence-electron chi connectivity index (χ1n) is 5.38. The summed E-state index contributed by atoms with van der Waals surface area (Å²) in [5.74, 6) is 0. The van der Waals surface area contributed by atoms with E-state index in [2.05, 4.69) is 13.0 Å². The van der Waals surface area contributed by atoms with Crippen molar-refractivity contribution in [3.05, 3.63) is 12.2 Å². The SMILES string of the molecule is CCCCCCCC1C=CCOO1. The van der Waals surface area contributed by atoms with E-state index in [1.807, 2.05) is 6.08 Å². The van der Waals surface area contributed by atoms with Crippen molar-refractivity contribution < 1.29 is 9.78 Å². The van der Waals surface area contributed by atoms with Crippen LogP contribution in [-0.2, 0) is 9.78 Å². The lowest BCUT2D eigenvalue weighted by Crippen LogP contribution is -2.14. The van der Waals surface area contributed by atoms with E-state index in [9.17, 15) is 0 Å². The Morgan fingerprint density at radius 1 is 1.23 bits per heavy atom. The Labute approximate surface area is 80.8 Å². The summed E-state index contributed by atoms with van der Waals surface area (Å²) in [7, 11) is 0. The average Bonchev–Trinajstić information content (AvgIpc) is 2.19. The minimum absolute atomic E-state index is 0.204.